The number of carbonyl (C=O) groups excluding carboxylic acids is 1. The van der Waals surface area contributed by atoms with Crippen molar-refractivity contribution in [2.45, 2.75) is 37.9 Å². The fourth-order valence-electron chi connectivity index (χ4n) is 3.31. The highest BCUT2D eigenvalue weighted by atomic mass is 32.2. The van der Waals surface area contributed by atoms with Gasteiger partial charge in [-0.25, -0.2) is 8.42 Å². The lowest BCUT2D eigenvalue weighted by Crippen LogP contribution is -2.32. The Balaban J connectivity index is 1.74. The minimum absolute atomic E-state index is 0.116. The SMILES string of the molecule is Cc1ccc([C@H](NC(=O)c2ccc(NS(=O)(=O)c3cccs3)cc2)C(C)C)c(C)c1. The van der Waals surface area contributed by atoms with E-state index in [1.165, 1.54) is 5.56 Å². The van der Waals surface area contributed by atoms with Crippen molar-refractivity contribution in [3.05, 3.63) is 82.2 Å². The molecule has 1 heterocycles. The van der Waals surface area contributed by atoms with Crippen LogP contribution < -0.4 is 10.0 Å². The molecule has 0 aliphatic rings. The summed E-state index contributed by atoms with van der Waals surface area (Å²) in [5, 5.41) is 4.83. The number of carbonyl (C=O) groups is 1. The number of hydrogen-bond acceptors (Lipinski definition) is 4. The van der Waals surface area contributed by atoms with Gasteiger partial charge in [-0.3, -0.25) is 9.52 Å². The molecule has 3 aromatic rings. The Hall–Kier alpha value is -2.64. The maximum atomic E-state index is 12.8. The van der Waals surface area contributed by atoms with Crippen LogP contribution in [0.15, 0.2) is 64.2 Å². The maximum Gasteiger partial charge on any atom is 0.271 e. The van der Waals surface area contributed by atoms with Crippen LogP contribution in [0, 0.1) is 19.8 Å². The average Bonchev–Trinajstić information content (AvgIpc) is 3.22. The van der Waals surface area contributed by atoms with E-state index in [0.717, 1.165) is 22.5 Å². The van der Waals surface area contributed by atoms with Crippen molar-refractivity contribution < 1.29 is 13.2 Å². The molecule has 0 aliphatic carbocycles. The van der Waals surface area contributed by atoms with Crippen molar-refractivity contribution in [3.63, 3.8) is 0 Å². The average molecular weight is 443 g/mol. The zero-order valence-electron chi connectivity index (χ0n) is 17.5. The quantitative estimate of drug-likeness (QED) is 0.522. The van der Waals surface area contributed by atoms with E-state index in [1.54, 1.807) is 41.8 Å². The molecule has 0 aliphatic heterocycles. The molecule has 30 heavy (non-hydrogen) atoms. The molecule has 0 saturated carbocycles. The molecule has 158 valence electrons. The fourth-order valence-corrected chi connectivity index (χ4v) is 5.37. The Morgan fingerprint density at radius 1 is 1.00 bits per heavy atom. The highest BCUT2D eigenvalue weighted by Gasteiger charge is 2.21. The monoisotopic (exact) mass is 442 g/mol. The normalized spacial score (nSPS) is 12.6. The van der Waals surface area contributed by atoms with E-state index in [1.807, 2.05) is 6.92 Å². The van der Waals surface area contributed by atoms with Gasteiger partial charge in [-0.15, -0.1) is 11.3 Å². The zero-order chi connectivity index (χ0) is 21.9. The van der Waals surface area contributed by atoms with E-state index >= 15 is 0 Å². The van der Waals surface area contributed by atoms with Crippen LogP contribution >= 0.6 is 11.3 Å². The third-order valence-corrected chi connectivity index (χ3v) is 7.65. The first-order valence-corrected chi connectivity index (χ1v) is 12.1. The van der Waals surface area contributed by atoms with Gasteiger partial charge in [0, 0.05) is 11.3 Å². The van der Waals surface area contributed by atoms with Gasteiger partial charge < -0.3 is 5.32 Å². The molecule has 0 radical (unpaired) electrons. The Labute approximate surface area is 182 Å². The highest BCUT2D eigenvalue weighted by Crippen LogP contribution is 2.26. The second-order valence-electron chi connectivity index (χ2n) is 7.67. The van der Waals surface area contributed by atoms with Crippen molar-refractivity contribution in [3.8, 4) is 0 Å². The van der Waals surface area contributed by atoms with Gasteiger partial charge in [-0.05, 0) is 66.6 Å². The third kappa shape index (κ3) is 5.09. The molecular weight excluding hydrogens is 416 g/mol. The fraction of sp³-hybridized carbons (Fsp3) is 0.261. The number of aryl methyl sites for hydroxylation is 2. The number of amides is 1. The number of hydrogen-bond donors (Lipinski definition) is 2. The van der Waals surface area contributed by atoms with E-state index in [2.05, 4.69) is 49.0 Å². The largest absolute Gasteiger partial charge is 0.345 e. The third-order valence-electron chi connectivity index (χ3n) is 4.87. The van der Waals surface area contributed by atoms with Crippen LogP contribution in [0.4, 0.5) is 5.69 Å². The predicted molar refractivity (Wildman–Crippen MR) is 123 cm³/mol. The maximum absolute atomic E-state index is 12.8. The molecular formula is C23H26N2O3S2. The number of anilines is 1. The molecule has 2 N–H and O–H groups in total. The lowest BCUT2D eigenvalue weighted by Gasteiger charge is -2.25. The van der Waals surface area contributed by atoms with Crippen molar-refractivity contribution in [1.82, 2.24) is 5.32 Å². The summed E-state index contributed by atoms with van der Waals surface area (Å²) in [5.74, 6) is 0.0218. The topological polar surface area (TPSA) is 75.3 Å². The molecule has 0 saturated heterocycles. The van der Waals surface area contributed by atoms with E-state index < -0.39 is 10.0 Å². The molecule has 0 unspecified atom stereocenters. The molecule has 7 heteroatoms. The van der Waals surface area contributed by atoms with Crippen LogP contribution in [0.1, 0.15) is 46.9 Å². The number of thiophene rings is 1. The molecule has 0 bridgehead atoms. The Kier molecular flexibility index (Phi) is 6.63. The second-order valence-corrected chi connectivity index (χ2v) is 10.5. The van der Waals surface area contributed by atoms with Crippen LogP contribution in [-0.4, -0.2) is 14.3 Å². The zero-order valence-corrected chi connectivity index (χ0v) is 19.1. The molecule has 0 spiro atoms. The second kappa shape index (κ2) is 9.02. The Morgan fingerprint density at radius 2 is 1.70 bits per heavy atom. The molecule has 1 aromatic heterocycles. The number of nitrogens with one attached hydrogen (secondary N) is 2. The van der Waals surface area contributed by atoms with Crippen LogP contribution in [0.5, 0.6) is 0 Å². The van der Waals surface area contributed by atoms with Crippen LogP contribution in [-0.2, 0) is 10.0 Å². The van der Waals surface area contributed by atoms with Crippen molar-refractivity contribution in [1.29, 1.82) is 0 Å². The van der Waals surface area contributed by atoms with Crippen molar-refractivity contribution in [2.24, 2.45) is 5.92 Å². The molecule has 1 amide bonds. The first-order valence-electron chi connectivity index (χ1n) is 9.72. The minimum Gasteiger partial charge on any atom is -0.345 e. The van der Waals surface area contributed by atoms with Crippen LogP contribution in [0.3, 0.4) is 0 Å². The predicted octanol–water partition coefficient (Wildman–Crippen LogP) is 5.29. The number of benzene rings is 2. The summed E-state index contributed by atoms with van der Waals surface area (Å²) in [5.41, 5.74) is 4.32. The Bertz CT molecular complexity index is 1120. The molecule has 2 aromatic carbocycles. The molecule has 1 atom stereocenters. The number of rotatable bonds is 7. The van der Waals surface area contributed by atoms with Gasteiger partial charge in [0.15, 0.2) is 0 Å². The first kappa shape index (κ1) is 22.1. The van der Waals surface area contributed by atoms with Crippen molar-refractivity contribution >= 4 is 33.0 Å². The van der Waals surface area contributed by atoms with Crippen LogP contribution in [0.2, 0.25) is 0 Å². The Morgan fingerprint density at radius 3 is 2.27 bits per heavy atom. The summed E-state index contributed by atoms with van der Waals surface area (Å²) in [6, 6.07) is 15.8. The summed E-state index contributed by atoms with van der Waals surface area (Å²) < 4.78 is 27.5. The van der Waals surface area contributed by atoms with Crippen LogP contribution in [0.25, 0.3) is 0 Å². The van der Waals surface area contributed by atoms with Crippen molar-refractivity contribution in [2.75, 3.05) is 4.72 Å². The van der Waals surface area contributed by atoms with E-state index in [9.17, 15) is 13.2 Å². The standard InChI is InChI=1S/C23H26N2O3S2/c1-15(2)22(20-12-7-16(3)14-17(20)4)24-23(26)18-8-10-19(11-9-18)25-30(27,28)21-6-5-13-29-21/h5-15,22,25H,1-4H3,(H,24,26)/t22-/m1/s1. The van der Waals surface area contributed by atoms with Gasteiger partial charge in [0.05, 0.1) is 6.04 Å². The van der Waals surface area contributed by atoms with Gasteiger partial charge in [0.2, 0.25) is 0 Å². The number of sulfonamides is 1. The van der Waals surface area contributed by atoms with Gasteiger partial charge in [0.1, 0.15) is 4.21 Å². The molecule has 5 nitrogen and oxygen atoms in total. The summed E-state index contributed by atoms with van der Waals surface area (Å²) in [4.78, 5) is 12.8. The van der Waals surface area contributed by atoms with Gasteiger partial charge >= 0.3 is 0 Å². The summed E-state index contributed by atoms with van der Waals surface area (Å²) in [6.45, 7) is 8.26. The summed E-state index contributed by atoms with van der Waals surface area (Å²) in [7, 11) is -3.61. The van der Waals surface area contributed by atoms with E-state index in [0.29, 0.717) is 11.3 Å². The lowest BCUT2D eigenvalue weighted by atomic mass is 9.91. The van der Waals surface area contributed by atoms with Gasteiger partial charge in [0.25, 0.3) is 15.9 Å². The molecule has 0 fully saturated rings. The first-order chi connectivity index (χ1) is 14.2. The van der Waals surface area contributed by atoms with Gasteiger partial charge in [-0.1, -0.05) is 43.7 Å². The van der Waals surface area contributed by atoms with Gasteiger partial charge in [-0.2, -0.15) is 0 Å². The highest BCUT2D eigenvalue weighted by molar-refractivity contribution is 7.94. The smallest absolute Gasteiger partial charge is 0.271 e. The van der Waals surface area contributed by atoms with E-state index in [4.69, 9.17) is 0 Å². The van der Waals surface area contributed by atoms with E-state index in [-0.39, 0.29) is 22.1 Å². The summed E-state index contributed by atoms with van der Waals surface area (Å²) >= 11 is 1.15. The minimum atomic E-state index is -3.61. The molecule has 3 rings (SSSR count). The summed E-state index contributed by atoms with van der Waals surface area (Å²) in [6.07, 6.45) is 0. The lowest BCUT2D eigenvalue weighted by molar-refractivity contribution is 0.0925.